The number of nitrogens with zero attached hydrogens (tertiary/aromatic N) is 3. The van der Waals surface area contributed by atoms with Gasteiger partial charge >= 0.3 is 0 Å². The Labute approximate surface area is 175 Å². The number of hydrogen-bond donors (Lipinski definition) is 3. The van der Waals surface area contributed by atoms with Crippen molar-refractivity contribution < 1.29 is 4.79 Å². The third kappa shape index (κ3) is 7.04. The van der Waals surface area contributed by atoms with E-state index >= 15 is 0 Å². The topological polar surface area (TPSA) is 91.8 Å². The molecule has 2 heterocycles. The molecule has 0 fully saturated rings. The molecule has 0 spiro atoms. The molecule has 0 aliphatic heterocycles. The number of hydrogen-bond acceptors (Lipinski definition) is 6. The average Bonchev–Trinajstić information content (AvgIpc) is 2.70. The van der Waals surface area contributed by atoms with E-state index in [4.69, 9.17) is 11.6 Å². The molecule has 2 aromatic heterocycles. The van der Waals surface area contributed by atoms with E-state index in [2.05, 4.69) is 30.9 Å². The molecular weight excluding hydrogens is 388 g/mol. The van der Waals surface area contributed by atoms with E-state index in [1.807, 2.05) is 55.5 Å². The summed E-state index contributed by atoms with van der Waals surface area (Å²) in [5.74, 6) is 2.69. The highest BCUT2D eigenvalue weighted by Crippen LogP contribution is 2.15. The smallest absolute Gasteiger partial charge is 0.220 e. The molecule has 0 saturated carbocycles. The van der Waals surface area contributed by atoms with Gasteiger partial charge in [0.25, 0.3) is 0 Å². The maximum absolute atomic E-state index is 12.0. The van der Waals surface area contributed by atoms with Gasteiger partial charge in [-0.1, -0.05) is 29.8 Å². The summed E-state index contributed by atoms with van der Waals surface area (Å²) in [6.45, 7) is 2.88. The van der Waals surface area contributed by atoms with Gasteiger partial charge in [-0.25, -0.2) is 15.0 Å². The van der Waals surface area contributed by atoms with Crippen LogP contribution in [0.3, 0.4) is 0 Å². The van der Waals surface area contributed by atoms with Crippen molar-refractivity contribution in [2.75, 3.05) is 23.7 Å². The predicted molar refractivity (Wildman–Crippen MR) is 116 cm³/mol. The van der Waals surface area contributed by atoms with Crippen LogP contribution < -0.4 is 16.0 Å². The standard InChI is InChI=1S/C21H23ClN6O/c1-15-26-19(14-20(27-15)28-18-7-2-3-10-23-18)24-11-12-25-21(29)9-8-16-5-4-6-17(22)13-16/h2-7,10,13-14H,8-9,11-12H2,1H3,(H,25,29)(H2,23,24,26,27,28). The molecule has 1 amide bonds. The summed E-state index contributed by atoms with van der Waals surface area (Å²) >= 11 is 5.96. The van der Waals surface area contributed by atoms with Crippen molar-refractivity contribution in [2.45, 2.75) is 19.8 Å². The Balaban J connectivity index is 1.42. The minimum absolute atomic E-state index is 0.00292. The minimum Gasteiger partial charge on any atom is -0.368 e. The fourth-order valence-corrected chi connectivity index (χ4v) is 2.93. The fraction of sp³-hybridized carbons (Fsp3) is 0.238. The van der Waals surface area contributed by atoms with Gasteiger partial charge in [0.1, 0.15) is 23.3 Å². The molecule has 7 nitrogen and oxygen atoms in total. The van der Waals surface area contributed by atoms with Crippen LogP contribution in [0.5, 0.6) is 0 Å². The van der Waals surface area contributed by atoms with Crippen LogP contribution in [0, 0.1) is 6.92 Å². The fourth-order valence-electron chi connectivity index (χ4n) is 2.72. The number of halogens is 1. The molecule has 0 saturated heterocycles. The number of rotatable bonds is 9. The Bertz CT molecular complexity index is 951. The van der Waals surface area contributed by atoms with E-state index in [0.29, 0.717) is 54.2 Å². The lowest BCUT2D eigenvalue weighted by molar-refractivity contribution is -0.120. The SMILES string of the molecule is Cc1nc(NCCNC(=O)CCc2cccc(Cl)c2)cc(Nc2ccccn2)n1. The van der Waals surface area contributed by atoms with Gasteiger partial charge in [0, 0.05) is 36.8 Å². The zero-order valence-corrected chi connectivity index (χ0v) is 16.9. The van der Waals surface area contributed by atoms with Crippen LogP contribution in [0.2, 0.25) is 5.02 Å². The molecule has 29 heavy (non-hydrogen) atoms. The van der Waals surface area contributed by atoms with Gasteiger partial charge in [0.05, 0.1) is 0 Å². The zero-order valence-electron chi connectivity index (χ0n) is 16.2. The molecule has 3 aromatic rings. The van der Waals surface area contributed by atoms with Gasteiger partial charge in [-0.05, 0) is 43.2 Å². The number of amides is 1. The maximum Gasteiger partial charge on any atom is 0.220 e. The van der Waals surface area contributed by atoms with Crippen molar-refractivity contribution in [1.82, 2.24) is 20.3 Å². The van der Waals surface area contributed by atoms with Crippen LogP contribution in [0.25, 0.3) is 0 Å². The van der Waals surface area contributed by atoms with Gasteiger partial charge in [-0.15, -0.1) is 0 Å². The second-order valence-electron chi connectivity index (χ2n) is 6.43. The molecule has 0 bridgehead atoms. The van der Waals surface area contributed by atoms with E-state index in [1.165, 1.54) is 0 Å². The quantitative estimate of drug-likeness (QED) is 0.465. The Morgan fingerprint density at radius 1 is 1.00 bits per heavy atom. The van der Waals surface area contributed by atoms with Crippen molar-refractivity contribution in [3.8, 4) is 0 Å². The number of carbonyl (C=O) groups excluding carboxylic acids is 1. The zero-order chi connectivity index (χ0) is 20.5. The Morgan fingerprint density at radius 2 is 1.86 bits per heavy atom. The minimum atomic E-state index is 0.00292. The molecule has 1 aromatic carbocycles. The highest BCUT2D eigenvalue weighted by molar-refractivity contribution is 6.30. The van der Waals surface area contributed by atoms with Crippen LogP contribution in [0.15, 0.2) is 54.7 Å². The van der Waals surface area contributed by atoms with Crippen LogP contribution in [-0.4, -0.2) is 33.9 Å². The summed E-state index contributed by atoms with van der Waals surface area (Å²) < 4.78 is 0. The first-order valence-corrected chi connectivity index (χ1v) is 9.75. The van der Waals surface area contributed by atoms with Gasteiger partial charge in [0.15, 0.2) is 0 Å². The molecule has 0 aliphatic rings. The van der Waals surface area contributed by atoms with E-state index in [1.54, 1.807) is 6.20 Å². The summed E-state index contributed by atoms with van der Waals surface area (Å²) in [7, 11) is 0. The average molecular weight is 411 g/mol. The van der Waals surface area contributed by atoms with Gasteiger partial charge < -0.3 is 16.0 Å². The third-order valence-electron chi connectivity index (χ3n) is 4.04. The van der Waals surface area contributed by atoms with Crippen molar-refractivity contribution in [3.63, 3.8) is 0 Å². The molecule has 0 radical (unpaired) electrons. The van der Waals surface area contributed by atoms with Gasteiger partial charge in [-0.2, -0.15) is 0 Å². The summed E-state index contributed by atoms with van der Waals surface area (Å²) in [6.07, 6.45) is 2.79. The van der Waals surface area contributed by atoms with Crippen molar-refractivity contribution >= 4 is 35.0 Å². The summed E-state index contributed by atoms with van der Waals surface area (Å²) in [5.41, 5.74) is 1.05. The highest BCUT2D eigenvalue weighted by Gasteiger charge is 2.05. The summed E-state index contributed by atoms with van der Waals surface area (Å²) in [5, 5.41) is 9.94. The van der Waals surface area contributed by atoms with Crippen LogP contribution >= 0.6 is 11.6 Å². The Morgan fingerprint density at radius 3 is 2.66 bits per heavy atom. The van der Waals surface area contributed by atoms with Crippen molar-refractivity contribution in [1.29, 1.82) is 0 Å². The molecule has 0 atom stereocenters. The first kappa shape index (κ1) is 20.5. The van der Waals surface area contributed by atoms with Gasteiger partial charge in [-0.3, -0.25) is 4.79 Å². The predicted octanol–water partition coefficient (Wildman–Crippen LogP) is 3.74. The molecule has 3 N–H and O–H groups in total. The molecule has 8 heteroatoms. The van der Waals surface area contributed by atoms with E-state index in [-0.39, 0.29) is 5.91 Å². The first-order valence-electron chi connectivity index (χ1n) is 9.37. The largest absolute Gasteiger partial charge is 0.368 e. The number of nitrogens with one attached hydrogen (secondary N) is 3. The highest BCUT2D eigenvalue weighted by atomic mass is 35.5. The number of benzene rings is 1. The third-order valence-corrected chi connectivity index (χ3v) is 4.28. The molecule has 3 rings (SSSR count). The van der Waals surface area contributed by atoms with Crippen LogP contribution in [-0.2, 0) is 11.2 Å². The number of aryl methyl sites for hydroxylation is 2. The lowest BCUT2D eigenvalue weighted by atomic mass is 10.1. The van der Waals surface area contributed by atoms with E-state index < -0.39 is 0 Å². The summed E-state index contributed by atoms with van der Waals surface area (Å²) in [6, 6.07) is 15.0. The van der Waals surface area contributed by atoms with Crippen LogP contribution in [0.1, 0.15) is 17.8 Å². The second kappa shape index (κ2) is 10.4. The van der Waals surface area contributed by atoms with E-state index in [0.717, 1.165) is 5.56 Å². The normalized spacial score (nSPS) is 10.4. The number of aromatic nitrogens is 3. The number of pyridine rings is 1. The monoisotopic (exact) mass is 410 g/mol. The van der Waals surface area contributed by atoms with Crippen molar-refractivity contribution in [2.24, 2.45) is 0 Å². The number of anilines is 3. The maximum atomic E-state index is 12.0. The summed E-state index contributed by atoms with van der Waals surface area (Å²) in [4.78, 5) is 25.0. The lowest BCUT2D eigenvalue weighted by Crippen LogP contribution is -2.29. The Kier molecular flexibility index (Phi) is 7.35. The molecule has 0 aliphatic carbocycles. The molecular formula is C21H23ClN6O. The van der Waals surface area contributed by atoms with Crippen molar-refractivity contribution in [3.05, 3.63) is 71.1 Å². The second-order valence-corrected chi connectivity index (χ2v) is 6.87. The molecule has 150 valence electrons. The van der Waals surface area contributed by atoms with E-state index in [9.17, 15) is 4.79 Å². The van der Waals surface area contributed by atoms with Gasteiger partial charge in [0.2, 0.25) is 5.91 Å². The van der Waals surface area contributed by atoms with Crippen LogP contribution in [0.4, 0.5) is 17.5 Å². The number of carbonyl (C=O) groups is 1. The first-order chi connectivity index (χ1) is 14.1. The Hall–Kier alpha value is -3.19. The molecule has 0 unspecified atom stereocenters. The lowest BCUT2D eigenvalue weighted by Gasteiger charge is -2.10.